The minimum Gasteiger partial charge on any atom is -0.397 e. The smallest absolute Gasteiger partial charge is 0.266 e. The van der Waals surface area contributed by atoms with Crippen molar-refractivity contribution in [2.45, 2.75) is 19.4 Å². The van der Waals surface area contributed by atoms with E-state index >= 15 is 0 Å². The van der Waals surface area contributed by atoms with Gasteiger partial charge in [-0.05, 0) is 25.5 Å². The van der Waals surface area contributed by atoms with Crippen molar-refractivity contribution in [3.05, 3.63) is 23.2 Å². The number of anilines is 1. The van der Waals surface area contributed by atoms with Gasteiger partial charge < -0.3 is 15.7 Å². The minimum absolute atomic E-state index is 0.0475. The number of carbonyl (C=O) groups is 1. The van der Waals surface area contributed by atoms with Crippen LogP contribution in [0.5, 0.6) is 0 Å². The van der Waals surface area contributed by atoms with E-state index in [-0.39, 0.29) is 17.9 Å². The van der Waals surface area contributed by atoms with E-state index in [1.165, 1.54) is 11.3 Å². The number of amides is 1. The number of aliphatic hydroxyl groups is 1. The molecule has 3 rings (SSSR count). The first kappa shape index (κ1) is 13.3. The lowest BCUT2D eigenvalue weighted by Crippen LogP contribution is -2.30. The summed E-state index contributed by atoms with van der Waals surface area (Å²) in [6.07, 6.45) is 2.16. The van der Waals surface area contributed by atoms with Gasteiger partial charge in [-0.2, -0.15) is 0 Å². The van der Waals surface area contributed by atoms with Crippen LogP contribution in [0.1, 0.15) is 23.0 Å². The van der Waals surface area contributed by atoms with Crippen LogP contribution in [0.4, 0.5) is 5.69 Å². The van der Waals surface area contributed by atoms with Crippen molar-refractivity contribution >= 4 is 33.1 Å². The van der Waals surface area contributed by atoms with Crippen molar-refractivity contribution in [3.8, 4) is 0 Å². The number of fused-ring (bicyclic) bond motifs is 1. The van der Waals surface area contributed by atoms with Gasteiger partial charge in [-0.3, -0.25) is 4.79 Å². The van der Waals surface area contributed by atoms with Gasteiger partial charge in [0.2, 0.25) is 0 Å². The average molecular weight is 291 g/mol. The Morgan fingerprint density at radius 1 is 1.65 bits per heavy atom. The number of aromatic nitrogens is 1. The van der Waals surface area contributed by atoms with E-state index in [0.29, 0.717) is 23.7 Å². The molecular formula is C14H17N3O2S. The molecule has 2 unspecified atom stereocenters. The zero-order valence-corrected chi connectivity index (χ0v) is 12.1. The SMILES string of the molecule is CC(O)C1CCN(C(=O)c2sc3ncccc3c2N)C1. The van der Waals surface area contributed by atoms with Crippen LogP contribution in [-0.2, 0) is 0 Å². The number of nitrogens with zero attached hydrogens (tertiary/aromatic N) is 2. The Labute approximate surface area is 121 Å². The fourth-order valence-corrected chi connectivity index (χ4v) is 3.65. The first-order valence-electron chi connectivity index (χ1n) is 6.68. The topological polar surface area (TPSA) is 79.5 Å². The molecule has 2 atom stereocenters. The highest BCUT2D eigenvalue weighted by molar-refractivity contribution is 7.21. The van der Waals surface area contributed by atoms with Crippen molar-refractivity contribution in [1.82, 2.24) is 9.88 Å². The second kappa shape index (κ2) is 5.03. The summed E-state index contributed by atoms with van der Waals surface area (Å²) in [5.41, 5.74) is 6.59. The highest BCUT2D eigenvalue weighted by Crippen LogP contribution is 2.34. The highest BCUT2D eigenvalue weighted by Gasteiger charge is 2.31. The molecule has 0 spiro atoms. The lowest BCUT2D eigenvalue weighted by molar-refractivity contribution is 0.0768. The molecule has 0 aliphatic carbocycles. The number of thiophene rings is 1. The molecule has 3 heterocycles. The summed E-state index contributed by atoms with van der Waals surface area (Å²) in [6, 6.07) is 3.70. The molecule has 6 heteroatoms. The largest absolute Gasteiger partial charge is 0.397 e. The van der Waals surface area contributed by atoms with E-state index in [1.54, 1.807) is 18.0 Å². The van der Waals surface area contributed by atoms with Crippen LogP contribution in [0.25, 0.3) is 10.2 Å². The summed E-state index contributed by atoms with van der Waals surface area (Å²) in [6.45, 7) is 3.05. The Bertz CT molecular complexity index is 653. The Morgan fingerprint density at radius 3 is 3.10 bits per heavy atom. The van der Waals surface area contributed by atoms with Gasteiger partial charge in [0, 0.05) is 30.6 Å². The maximum absolute atomic E-state index is 12.6. The first-order valence-corrected chi connectivity index (χ1v) is 7.50. The van der Waals surface area contributed by atoms with Crippen LogP contribution in [0, 0.1) is 5.92 Å². The summed E-state index contributed by atoms with van der Waals surface area (Å²) in [5.74, 6) is 0.112. The van der Waals surface area contributed by atoms with Crippen molar-refractivity contribution in [2.24, 2.45) is 5.92 Å². The van der Waals surface area contributed by atoms with Gasteiger partial charge in [-0.1, -0.05) is 0 Å². The minimum atomic E-state index is -0.380. The van der Waals surface area contributed by atoms with E-state index in [4.69, 9.17) is 5.73 Å². The Morgan fingerprint density at radius 2 is 2.45 bits per heavy atom. The second-order valence-corrected chi connectivity index (χ2v) is 6.24. The molecule has 5 nitrogen and oxygen atoms in total. The van der Waals surface area contributed by atoms with Gasteiger partial charge in [0.15, 0.2) is 0 Å². The lowest BCUT2D eigenvalue weighted by Gasteiger charge is -2.17. The summed E-state index contributed by atoms with van der Waals surface area (Å²) >= 11 is 1.34. The molecule has 1 aliphatic rings. The maximum Gasteiger partial charge on any atom is 0.266 e. The normalized spacial score (nSPS) is 20.5. The first-order chi connectivity index (χ1) is 9.58. The Kier molecular flexibility index (Phi) is 3.35. The van der Waals surface area contributed by atoms with Gasteiger partial charge in [0.1, 0.15) is 9.71 Å². The fourth-order valence-electron chi connectivity index (χ4n) is 2.62. The third-order valence-electron chi connectivity index (χ3n) is 3.89. The molecule has 20 heavy (non-hydrogen) atoms. The molecule has 3 N–H and O–H groups in total. The van der Waals surface area contributed by atoms with E-state index < -0.39 is 0 Å². The third-order valence-corrected chi connectivity index (χ3v) is 5.01. The zero-order valence-electron chi connectivity index (χ0n) is 11.2. The molecular weight excluding hydrogens is 274 g/mol. The van der Waals surface area contributed by atoms with Crippen molar-refractivity contribution < 1.29 is 9.90 Å². The number of nitrogens with two attached hydrogens (primary N) is 1. The molecule has 0 bridgehead atoms. The number of nitrogen functional groups attached to an aromatic ring is 1. The molecule has 0 saturated carbocycles. The maximum atomic E-state index is 12.6. The van der Waals surface area contributed by atoms with Crippen LogP contribution in [-0.4, -0.2) is 40.1 Å². The summed E-state index contributed by atoms with van der Waals surface area (Å²) in [7, 11) is 0. The number of rotatable bonds is 2. The molecule has 0 radical (unpaired) electrons. The van der Waals surface area contributed by atoms with Gasteiger partial charge >= 0.3 is 0 Å². The number of likely N-dealkylation sites (tertiary alicyclic amines) is 1. The van der Waals surface area contributed by atoms with E-state index in [9.17, 15) is 9.90 Å². The average Bonchev–Trinajstić information content (AvgIpc) is 3.04. The van der Waals surface area contributed by atoms with Gasteiger partial charge in [-0.15, -0.1) is 11.3 Å². The van der Waals surface area contributed by atoms with Crippen LogP contribution in [0.3, 0.4) is 0 Å². The highest BCUT2D eigenvalue weighted by atomic mass is 32.1. The van der Waals surface area contributed by atoms with Crippen molar-refractivity contribution in [2.75, 3.05) is 18.8 Å². The summed E-state index contributed by atoms with van der Waals surface area (Å²) < 4.78 is 0. The summed E-state index contributed by atoms with van der Waals surface area (Å²) in [4.78, 5) is 19.9. The number of hydrogen-bond donors (Lipinski definition) is 2. The van der Waals surface area contributed by atoms with Crippen LogP contribution in [0.2, 0.25) is 0 Å². The number of aliphatic hydroxyl groups excluding tert-OH is 1. The predicted molar refractivity (Wildman–Crippen MR) is 79.7 cm³/mol. The Hall–Kier alpha value is -1.66. The molecule has 2 aromatic rings. The molecule has 106 valence electrons. The van der Waals surface area contributed by atoms with E-state index in [2.05, 4.69) is 4.98 Å². The Balaban J connectivity index is 1.88. The molecule has 1 saturated heterocycles. The standard InChI is InChI=1S/C14H17N3O2S/c1-8(18)9-4-6-17(7-9)14(19)12-11(15)10-3-2-5-16-13(10)20-12/h2-3,5,8-9,18H,4,6-7,15H2,1H3. The van der Waals surface area contributed by atoms with Gasteiger partial charge in [0.05, 0.1) is 11.8 Å². The van der Waals surface area contributed by atoms with Crippen molar-refractivity contribution in [1.29, 1.82) is 0 Å². The van der Waals surface area contributed by atoms with E-state index in [1.807, 2.05) is 12.1 Å². The lowest BCUT2D eigenvalue weighted by atomic mass is 10.0. The summed E-state index contributed by atoms with van der Waals surface area (Å²) in [5, 5.41) is 10.5. The monoisotopic (exact) mass is 291 g/mol. The van der Waals surface area contributed by atoms with Crippen LogP contribution >= 0.6 is 11.3 Å². The second-order valence-electron chi connectivity index (χ2n) is 5.24. The molecule has 1 amide bonds. The fraction of sp³-hybridized carbons (Fsp3) is 0.429. The van der Waals surface area contributed by atoms with E-state index in [0.717, 1.165) is 16.6 Å². The molecule has 2 aromatic heterocycles. The predicted octanol–water partition coefficient (Wildman–Crippen LogP) is 1.72. The van der Waals surface area contributed by atoms with Gasteiger partial charge in [-0.25, -0.2) is 4.98 Å². The quantitative estimate of drug-likeness (QED) is 0.883. The zero-order chi connectivity index (χ0) is 14.3. The van der Waals surface area contributed by atoms with Gasteiger partial charge in [0.25, 0.3) is 5.91 Å². The number of hydrogen-bond acceptors (Lipinski definition) is 5. The molecule has 0 aromatic carbocycles. The molecule has 1 aliphatic heterocycles. The number of carbonyl (C=O) groups excluding carboxylic acids is 1. The van der Waals surface area contributed by atoms with Crippen LogP contribution in [0.15, 0.2) is 18.3 Å². The third kappa shape index (κ3) is 2.14. The van der Waals surface area contributed by atoms with Crippen molar-refractivity contribution in [3.63, 3.8) is 0 Å². The molecule has 1 fully saturated rings. The number of pyridine rings is 1. The van der Waals surface area contributed by atoms with Crippen LogP contribution < -0.4 is 5.73 Å².